The molecule has 1 saturated heterocycles. The lowest BCUT2D eigenvalue weighted by molar-refractivity contribution is 0.0755. The van der Waals surface area contributed by atoms with Gasteiger partial charge in [0.1, 0.15) is 0 Å². The first kappa shape index (κ1) is 13.3. The SMILES string of the molecule is CCC1CNC(C2CC2)CN1CC(C)COC. The highest BCUT2D eigenvalue weighted by Crippen LogP contribution is 2.34. The molecule has 0 aromatic carbocycles. The molecule has 2 fully saturated rings. The zero-order chi connectivity index (χ0) is 12.3. The Bertz CT molecular complexity index is 230. The molecule has 0 amide bonds. The summed E-state index contributed by atoms with van der Waals surface area (Å²) >= 11 is 0. The minimum atomic E-state index is 0.645. The van der Waals surface area contributed by atoms with Gasteiger partial charge in [-0.25, -0.2) is 0 Å². The first-order valence-electron chi connectivity index (χ1n) is 7.21. The number of ether oxygens (including phenoxy) is 1. The van der Waals surface area contributed by atoms with Crippen molar-refractivity contribution in [3.8, 4) is 0 Å². The zero-order valence-corrected chi connectivity index (χ0v) is 11.6. The van der Waals surface area contributed by atoms with Crippen LogP contribution in [0.2, 0.25) is 0 Å². The molecule has 0 aromatic heterocycles. The normalized spacial score (nSPS) is 32.6. The Kier molecular flexibility index (Phi) is 4.83. The van der Waals surface area contributed by atoms with E-state index in [1.165, 1.54) is 38.9 Å². The van der Waals surface area contributed by atoms with Crippen LogP contribution in [-0.4, -0.2) is 50.3 Å². The average molecular weight is 240 g/mol. The summed E-state index contributed by atoms with van der Waals surface area (Å²) in [5.74, 6) is 1.61. The highest BCUT2D eigenvalue weighted by atomic mass is 16.5. The summed E-state index contributed by atoms with van der Waals surface area (Å²) in [6, 6.07) is 1.48. The summed E-state index contributed by atoms with van der Waals surface area (Å²) in [5.41, 5.74) is 0. The molecule has 0 radical (unpaired) electrons. The van der Waals surface area contributed by atoms with Crippen LogP contribution in [0.25, 0.3) is 0 Å². The third kappa shape index (κ3) is 3.67. The highest BCUT2D eigenvalue weighted by molar-refractivity contribution is 4.94. The molecule has 3 nitrogen and oxygen atoms in total. The fourth-order valence-electron chi connectivity index (χ4n) is 3.06. The number of nitrogens with one attached hydrogen (secondary N) is 1. The van der Waals surface area contributed by atoms with E-state index in [-0.39, 0.29) is 0 Å². The lowest BCUT2D eigenvalue weighted by Crippen LogP contribution is -2.58. The van der Waals surface area contributed by atoms with E-state index in [0.717, 1.165) is 24.6 Å². The number of rotatable bonds is 6. The van der Waals surface area contributed by atoms with Crippen LogP contribution < -0.4 is 5.32 Å². The summed E-state index contributed by atoms with van der Waals surface area (Å²) < 4.78 is 5.26. The van der Waals surface area contributed by atoms with Crippen LogP contribution in [0.15, 0.2) is 0 Å². The first-order valence-corrected chi connectivity index (χ1v) is 7.21. The number of hydrogen-bond donors (Lipinski definition) is 1. The van der Waals surface area contributed by atoms with Crippen molar-refractivity contribution in [2.45, 2.75) is 45.2 Å². The number of methoxy groups -OCH3 is 1. The van der Waals surface area contributed by atoms with E-state index in [0.29, 0.717) is 5.92 Å². The predicted octanol–water partition coefficient (Wildman–Crippen LogP) is 1.73. The van der Waals surface area contributed by atoms with Gasteiger partial charge in [0.05, 0.1) is 0 Å². The molecule has 17 heavy (non-hydrogen) atoms. The maximum Gasteiger partial charge on any atom is 0.0500 e. The van der Waals surface area contributed by atoms with Crippen molar-refractivity contribution < 1.29 is 4.74 Å². The minimum absolute atomic E-state index is 0.645. The molecular formula is C14H28N2O. The molecule has 3 heteroatoms. The topological polar surface area (TPSA) is 24.5 Å². The van der Waals surface area contributed by atoms with Gasteiger partial charge in [-0.3, -0.25) is 4.90 Å². The summed E-state index contributed by atoms with van der Waals surface area (Å²) in [4.78, 5) is 2.70. The van der Waals surface area contributed by atoms with Gasteiger partial charge in [0.25, 0.3) is 0 Å². The third-order valence-corrected chi connectivity index (χ3v) is 4.22. The Hall–Kier alpha value is -0.120. The highest BCUT2D eigenvalue weighted by Gasteiger charge is 2.36. The molecule has 3 unspecified atom stereocenters. The van der Waals surface area contributed by atoms with Crippen molar-refractivity contribution in [3.05, 3.63) is 0 Å². The Morgan fingerprint density at radius 3 is 2.76 bits per heavy atom. The van der Waals surface area contributed by atoms with Crippen molar-refractivity contribution in [1.82, 2.24) is 10.2 Å². The predicted molar refractivity (Wildman–Crippen MR) is 71.2 cm³/mol. The maximum absolute atomic E-state index is 5.26. The second-order valence-corrected chi connectivity index (χ2v) is 5.93. The number of nitrogens with zero attached hydrogens (tertiary/aromatic N) is 1. The molecule has 1 aliphatic heterocycles. The van der Waals surface area contributed by atoms with E-state index in [1.807, 2.05) is 0 Å². The van der Waals surface area contributed by atoms with Crippen LogP contribution in [-0.2, 0) is 4.74 Å². The van der Waals surface area contributed by atoms with Crippen LogP contribution in [0.5, 0.6) is 0 Å². The van der Waals surface area contributed by atoms with E-state index in [1.54, 1.807) is 7.11 Å². The Labute approximate surface area is 106 Å². The van der Waals surface area contributed by atoms with Gasteiger partial charge in [0, 0.05) is 45.4 Å². The molecule has 0 aromatic rings. The van der Waals surface area contributed by atoms with Gasteiger partial charge >= 0.3 is 0 Å². The van der Waals surface area contributed by atoms with Gasteiger partial charge < -0.3 is 10.1 Å². The molecule has 100 valence electrons. The first-order chi connectivity index (χ1) is 8.24. The smallest absolute Gasteiger partial charge is 0.0500 e. The lowest BCUT2D eigenvalue weighted by Gasteiger charge is -2.41. The van der Waals surface area contributed by atoms with Gasteiger partial charge in [-0.1, -0.05) is 13.8 Å². The summed E-state index contributed by atoms with van der Waals surface area (Å²) in [5, 5.41) is 3.74. The molecular weight excluding hydrogens is 212 g/mol. The van der Waals surface area contributed by atoms with E-state index in [2.05, 4.69) is 24.1 Å². The van der Waals surface area contributed by atoms with E-state index < -0.39 is 0 Å². The largest absolute Gasteiger partial charge is 0.384 e. The van der Waals surface area contributed by atoms with Crippen molar-refractivity contribution in [2.24, 2.45) is 11.8 Å². The van der Waals surface area contributed by atoms with E-state index >= 15 is 0 Å². The van der Waals surface area contributed by atoms with Crippen molar-refractivity contribution in [2.75, 3.05) is 33.4 Å². The van der Waals surface area contributed by atoms with Crippen molar-refractivity contribution in [3.63, 3.8) is 0 Å². The average Bonchev–Trinajstić information content (AvgIpc) is 3.13. The maximum atomic E-state index is 5.26. The molecule has 3 atom stereocenters. The van der Waals surface area contributed by atoms with Gasteiger partial charge in [-0.2, -0.15) is 0 Å². The zero-order valence-electron chi connectivity index (χ0n) is 11.6. The quantitative estimate of drug-likeness (QED) is 0.765. The minimum Gasteiger partial charge on any atom is -0.384 e. The van der Waals surface area contributed by atoms with Crippen LogP contribution in [0.4, 0.5) is 0 Å². The second kappa shape index (κ2) is 6.17. The van der Waals surface area contributed by atoms with Crippen LogP contribution in [0.1, 0.15) is 33.1 Å². The molecule has 1 heterocycles. The molecule has 1 aliphatic carbocycles. The van der Waals surface area contributed by atoms with E-state index in [4.69, 9.17) is 4.74 Å². The van der Waals surface area contributed by atoms with Crippen molar-refractivity contribution >= 4 is 0 Å². The fraction of sp³-hybridized carbons (Fsp3) is 1.00. The Morgan fingerprint density at radius 2 is 2.18 bits per heavy atom. The summed E-state index contributed by atoms with van der Waals surface area (Å²) in [6.07, 6.45) is 4.13. The molecule has 1 saturated carbocycles. The van der Waals surface area contributed by atoms with E-state index in [9.17, 15) is 0 Å². The molecule has 1 N–H and O–H groups in total. The van der Waals surface area contributed by atoms with Gasteiger partial charge in [0.15, 0.2) is 0 Å². The van der Waals surface area contributed by atoms with Crippen LogP contribution in [0, 0.1) is 11.8 Å². The lowest BCUT2D eigenvalue weighted by atomic mass is 10.0. The Morgan fingerprint density at radius 1 is 1.41 bits per heavy atom. The van der Waals surface area contributed by atoms with Gasteiger partial charge in [-0.05, 0) is 31.1 Å². The van der Waals surface area contributed by atoms with Crippen LogP contribution >= 0.6 is 0 Å². The molecule has 2 rings (SSSR count). The monoisotopic (exact) mass is 240 g/mol. The number of piperazine rings is 1. The second-order valence-electron chi connectivity index (χ2n) is 5.93. The summed E-state index contributed by atoms with van der Waals surface area (Å²) in [7, 11) is 1.80. The Balaban J connectivity index is 1.85. The standard InChI is InChI=1S/C14H28N2O/c1-4-13-7-15-14(12-5-6-12)9-16(13)8-11(2)10-17-3/h11-15H,4-10H2,1-3H3. The molecule has 2 aliphatic rings. The number of hydrogen-bond acceptors (Lipinski definition) is 3. The molecule has 0 spiro atoms. The molecule has 0 bridgehead atoms. The third-order valence-electron chi connectivity index (χ3n) is 4.22. The summed E-state index contributed by atoms with van der Waals surface area (Å²) in [6.45, 7) is 9.10. The van der Waals surface area contributed by atoms with Crippen molar-refractivity contribution in [1.29, 1.82) is 0 Å². The van der Waals surface area contributed by atoms with Crippen LogP contribution in [0.3, 0.4) is 0 Å². The fourth-order valence-corrected chi connectivity index (χ4v) is 3.06. The van der Waals surface area contributed by atoms with Gasteiger partial charge in [0.2, 0.25) is 0 Å². The van der Waals surface area contributed by atoms with Gasteiger partial charge in [-0.15, -0.1) is 0 Å².